The first kappa shape index (κ1) is 14.3. The minimum atomic E-state index is 0.321. The van der Waals surface area contributed by atoms with Crippen molar-refractivity contribution in [1.82, 2.24) is 5.32 Å². The van der Waals surface area contributed by atoms with Crippen LogP contribution >= 0.6 is 0 Å². The van der Waals surface area contributed by atoms with E-state index in [9.17, 15) is 0 Å². The molecule has 100 valence electrons. The third-order valence-electron chi connectivity index (χ3n) is 3.82. The fourth-order valence-corrected chi connectivity index (χ4v) is 2.73. The predicted octanol–water partition coefficient (Wildman–Crippen LogP) is 2.32. The molecule has 0 heterocycles. The molecule has 0 aliphatic heterocycles. The van der Waals surface area contributed by atoms with Gasteiger partial charge in [-0.1, -0.05) is 31.8 Å². The minimum absolute atomic E-state index is 0.321. The second-order valence-electron chi connectivity index (χ2n) is 5.45. The van der Waals surface area contributed by atoms with Gasteiger partial charge in [-0.2, -0.15) is 0 Å². The Morgan fingerprint density at radius 2 is 2.29 bits per heavy atom. The largest absolute Gasteiger partial charge is 0.409 e. The highest BCUT2D eigenvalue weighted by Crippen LogP contribution is 2.28. The minimum Gasteiger partial charge on any atom is -0.409 e. The van der Waals surface area contributed by atoms with E-state index in [-0.39, 0.29) is 0 Å². The quantitative estimate of drug-likeness (QED) is 0.289. The van der Waals surface area contributed by atoms with Crippen LogP contribution in [0, 0.1) is 11.8 Å². The SMILES string of the molecule is CCC(CC(N)=NO)NCC1CCCC(C)C1. The average Bonchev–Trinajstić information content (AvgIpc) is 2.34. The maximum absolute atomic E-state index is 8.57. The summed E-state index contributed by atoms with van der Waals surface area (Å²) in [5.41, 5.74) is 5.54. The van der Waals surface area contributed by atoms with Crippen LogP contribution in [0.1, 0.15) is 52.4 Å². The number of rotatable bonds is 6. The van der Waals surface area contributed by atoms with Gasteiger partial charge in [0.1, 0.15) is 5.84 Å². The second kappa shape index (κ2) is 7.54. The molecular weight excluding hydrogens is 214 g/mol. The normalized spacial score (nSPS) is 28.0. The summed E-state index contributed by atoms with van der Waals surface area (Å²) >= 11 is 0. The lowest BCUT2D eigenvalue weighted by Crippen LogP contribution is -2.37. The Bertz CT molecular complexity index is 243. The Kier molecular flexibility index (Phi) is 6.34. The molecule has 4 heteroatoms. The van der Waals surface area contributed by atoms with Gasteiger partial charge in [0.2, 0.25) is 0 Å². The maximum atomic E-state index is 8.57. The van der Waals surface area contributed by atoms with Crippen molar-refractivity contribution in [3.05, 3.63) is 0 Å². The van der Waals surface area contributed by atoms with Crippen molar-refractivity contribution in [2.75, 3.05) is 6.54 Å². The van der Waals surface area contributed by atoms with Gasteiger partial charge in [0, 0.05) is 12.5 Å². The predicted molar refractivity (Wildman–Crippen MR) is 71.2 cm³/mol. The fourth-order valence-electron chi connectivity index (χ4n) is 2.73. The zero-order chi connectivity index (χ0) is 12.7. The molecule has 3 atom stereocenters. The summed E-state index contributed by atoms with van der Waals surface area (Å²) in [6.07, 6.45) is 7.08. The van der Waals surface area contributed by atoms with Crippen LogP contribution in [-0.4, -0.2) is 23.6 Å². The van der Waals surface area contributed by atoms with Gasteiger partial charge in [0.05, 0.1) is 0 Å². The molecule has 0 spiro atoms. The van der Waals surface area contributed by atoms with E-state index >= 15 is 0 Å². The van der Waals surface area contributed by atoms with Crippen LogP contribution in [0.4, 0.5) is 0 Å². The van der Waals surface area contributed by atoms with E-state index in [1.807, 2.05) is 0 Å². The van der Waals surface area contributed by atoms with E-state index in [1.165, 1.54) is 25.7 Å². The summed E-state index contributed by atoms with van der Waals surface area (Å²) < 4.78 is 0. The van der Waals surface area contributed by atoms with E-state index in [0.29, 0.717) is 18.3 Å². The molecule has 3 unspecified atom stereocenters. The van der Waals surface area contributed by atoms with Crippen molar-refractivity contribution in [2.45, 2.75) is 58.4 Å². The molecule has 0 aromatic rings. The van der Waals surface area contributed by atoms with Crippen LogP contribution in [0.15, 0.2) is 5.16 Å². The Morgan fingerprint density at radius 1 is 1.53 bits per heavy atom. The number of nitrogens with zero attached hydrogens (tertiary/aromatic N) is 1. The molecule has 17 heavy (non-hydrogen) atoms. The number of oxime groups is 1. The van der Waals surface area contributed by atoms with Crippen molar-refractivity contribution < 1.29 is 5.21 Å². The lowest BCUT2D eigenvalue weighted by molar-refractivity contribution is 0.265. The monoisotopic (exact) mass is 241 g/mol. The zero-order valence-electron chi connectivity index (χ0n) is 11.2. The number of nitrogens with two attached hydrogens (primary N) is 1. The lowest BCUT2D eigenvalue weighted by atomic mass is 9.82. The molecule has 4 nitrogen and oxygen atoms in total. The van der Waals surface area contributed by atoms with Gasteiger partial charge in [0.15, 0.2) is 0 Å². The van der Waals surface area contributed by atoms with Crippen molar-refractivity contribution in [1.29, 1.82) is 0 Å². The molecule has 0 amide bonds. The maximum Gasteiger partial charge on any atom is 0.140 e. The van der Waals surface area contributed by atoms with E-state index in [0.717, 1.165) is 24.8 Å². The highest BCUT2D eigenvalue weighted by Gasteiger charge is 2.19. The van der Waals surface area contributed by atoms with Gasteiger partial charge in [-0.05, 0) is 37.6 Å². The Balaban J connectivity index is 2.26. The molecule has 0 radical (unpaired) electrons. The third kappa shape index (κ3) is 5.39. The molecule has 1 fully saturated rings. The Labute approximate surface area is 105 Å². The lowest BCUT2D eigenvalue weighted by Gasteiger charge is -2.28. The summed E-state index contributed by atoms with van der Waals surface area (Å²) in [7, 11) is 0. The number of amidine groups is 1. The van der Waals surface area contributed by atoms with E-state index in [4.69, 9.17) is 10.9 Å². The molecule has 4 N–H and O–H groups in total. The van der Waals surface area contributed by atoms with Crippen molar-refractivity contribution in [2.24, 2.45) is 22.7 Å². The molecule has 0 bridgehead atoms. The first-order valence-electron chi connectivity index (χ1n) is 6.85. The summed E-state index contributed by atoms with van der Waals surface area (Å²) in [5, 5.41) is 15.2. The first-order valence-corrected chi connectivity index (χ1v) is 6.85. The number of nitrogens with one attached hydrogen (secondary N) is 1. The van der Waals surface area contributed by atoms with Gasteiger partial charge in [-0.25, -0.2) is 0 Å². The molecule has 1 aliphatic rings. The van der Waals surface area contributed by atoms with Gasteiger partial charge >= 0.3 is 0 Å². The Morgan fingerprint density at radius 3 is 2.88 bits per heavy atom. The molecule has 1 aliphatic carbocycles. The molecule has 1 saturated carbocycles. The van der Waals surface area contributed by atoms with Gasteiger partial charge in [-0.15, -0.1) is 0 Å². The zero-order valence-corrected chi connectivity index (χ0v) is 11.2. The molecule has 0 aromatic heterocycles. The number of hydrogen-bond donors (Lipinski definition) is 3. The van der Waals surface area contributed by atoms with Crippen molar-refractivity contribution in [3.63, 3.8) is 0 Å². The van der Waals surface area contributed by atoms with Gasteiger partial charge in [0.25, 0.3) is 0 Å². The topological polar surface area (TPSA) is 70.6 Å². The summed E-state index contributed by atoms with van der Waals surface area (Å²) in [5.74, 6) is 2.00. The third-order valence-corrected chi connectivity index (χ3v) is 3.82. The van der Waals surface area contributed by atoms with Crippen LogP contribution in [0.2, 0.25) is 0 Å². The van der Waals surface area contributed by atoms with Crippen LogP contribution in [0.25, 0.3) is 0 Å². The van der Waals surface area contributed by atoms with Crippen LogP contribution in [0.5, 0.6) is 0 Å². The van der Waals surface area contributed by atoms with Gasteiger partial charge in [-0.3, -0.25) is 0 Å². The Hall–Kier alpha value is -0.770. The highest BCUT2D eigenvalue weighted by molar-refractivity contribution is 5.80. The number of hydrogen-bond acceptors (Lipinski definition) is 3. The van der Waals surface area contributed by atoms with E-state index in [1.54, 1.807) is 0 Å². The molecule has 0 saturated heterocycles. The highest BCUT2D eigenvalue weighted by atomic mass is 16.4. The molecular formula is C13H27N3O. The smallest absolute Gasteiger partial charge is 0.140 e. The molecule has 1 rings (SSSR count). The van der Waals surface area contributed by atoms with E-state index in [2.05, 4.69) is 24.3 Å². The summed E-state index contributed by atoms with van der Waals surface area (Å²) in [6.45, 7) is 5.55. The van der Waals surface area contributed by atoms with Crippen molar-refractivity contribution in [3.8, 4) is 0 Å². The summed E-state index contributed by atoms with van der Waals surface area (Å²) in [4.78, 5) is 0. The van der Waals surface area contributed by atoms with E-state index < -0.39 is 0 Å². The standard InChI is InChI=1S/C13H27N3O/c1-3-12(8-13(14)16-17)15-9-11-6-4-5-10(2)7-11/h10-12,15,17H,3-9H2,1-2H3,(H2,14,16). The second-order valence-corrected chi connectivity index (χ2v) is 5.45. The van der Waals surface area contributed by atoms with Gasteiger partial charge < -0.3 is 16.3 Å². The first-order chi connectivity index (χ1) is 8.15. The molecule has 0 aromatic carbocycles. The summed E-state index contributed by atoms with van der Waals surface area (Å²) in [6, 6.07) is 0.336. The average molecular weight is 241 g/mol. The van der Waals surface area contributed by atoms with Crippen molar-refractivity contribution >= 4 is 5.84 Å². The van der Waals surface area contributed by atoms with Crippen LogP contribution < -0.4 is 11.1 Å². The van der Waals surface area contributed by atoms with Crippen LogP contribution in [0.3, 0.4) is 0 Å². The van der Waals surface area contributed by atoms with Crippen LogP contribution in [-0.2, 0) is 0 Å². The fraction of sp³-hybridized carbons (Fsp3) is 0.923.